The third kappa shape index (κ3) is 3.92. The van der Waals surface area contributed by atoms with Gasteiger partial charge in [0.1, 0.15) is 17.6 Å². The van der Waals surface area contributed by atoms with Crippen molar-refractivity contribution in [3.05, 3.63) is 53.5 Å². The van der Waals surface area contributed by atoms with E-state index in [9.17, 15) is 13.2 Å². The molecular formula is C14H11F3N4. The Bertz CT molecular complexity index is 648. The summed E-state index contributed by atoms with van der Waals surface area (Å²) in [6.45, 7) is 0.368. The van der Waals surface area contributed by atoms with Crippen LogP contribution >= 0.6 is 0 Å². The quantitative estimate of drug-likeness (QED) is 0.941. The van der Waals surface area contributed by atoms with Crippen molar-refractivity contribution in [1.82, 2.24) is 9.97 Å². The predicted molar refractivity (Wildman–Crippen MR) is 70.4 cm³/mol. The van der Waals surface area contributed by atoms with Crippen LogP contribution in [0.5, 0.6) is 0 Å². The van der Waals surface area contributed by atoms with Crippen LogP contribution in [0.1, 0.15) is 16.8 Å². The standard InChI is InChI=1S/C14H11F3N4/c15-14(16,17)12-2-1-11(9-18)13(21-12)20-8-5-10-3-6-19-7-4-10/h1-4,6-7H,5,8H2,(H,20,21). The lowest BCUT2D eigenvalue weighted by molar-refractivity contribution is -0.141. The molecule has 108 valence electrons. The molecule has 0 aliphatic heterocycles. The molecule has 0 aromatic carbocycles. The average Bonchev–Trinajstić information content (AvgIpc) is 2.47. The van der Waals surface area contributed by atoms with Crippen LogP contribution in [0.4, 0.5) is 19.0 Å². The SMILES string of the molecule is N#Cc1ccc(C(F)(F)F)nc1NCCc1ccncc1. The molecule has 0 radical (unpaired) electrons. The zero-order valence-electron chi connectivity index (χ0n) is 10.9. The summed E-state index contributed by atoms with van der Waals surface area (Å²) in [6.07, 6.45) is -0.669. The molecule has 1 N–H and O–H groups in total. The Morgan fingerprint density at radius 3 is 2.48 bits per heavy atom. The van der Waals surface area contributed by atoms with E-state index in [2.05, 4.69) is 15.3 Å². The topological polar surface area (TPSA) is 61.6 Å². The van der Waals surface area contributed by atoms with Gasteiger partial charge in [-0.2, -0.15) is 18.4 Å². The third-order valence-electron chi connectivity index (χ3n) is 2.76. The number of hydrogen-bond donors (Lipinski definition) is 1. The van der Waals surface area contributed by atoms with E-state index in [4.69, 9.17) is 5.26 Å². The minimum absolute atomic E-state index is 0.0543. The van der Waals surface area contributed by atoms with E-state index < -0.39 is 11.9 Å². The highest BCUT2D eigenvalue weighted by Gasteiger charge is 2.33. The van der Waals surface area contributed by atoms with E-state index in [-0.39, 0.29) is 11.4 Å². The first kappa shape index (κ1) is 14.8. The number of pyridine rings is 2. The Morgan fingerprint density at radius 2 is 1.86 bits per heavy atom. The maximum atomic E-state index is 12.6. The molecule has 2 aromatic rings. The number of rotatable bonds is 4. The Hall–Kier alpha value is -2.62. The second-order valence-corrected chi connectivity index (χ2v) is 4.23. The molecule has 0 saturated carbocycles. The zero-order valence-corrected chi connectivity index (χ0v) is 10.9. The molecule has 0 amide bonds. The molecule has 2 aromatic heterocycles. The lowest BCUT2D eigenvalue weighted by atomic mass is 10.2. The molecule has 0 saturated heterocycles. The fraction of sp³-hybridized carbons (Fsp3) is 0.214. The van der Waals surface area contributed by atoms with Gasteiger partial charge in [-0.1, -0.05) is 0 Å². The van der Waals surface area contributed by atoms with Crippen molar-refractivity contribution in [2.24, 2.45) is 0 Å². The molecule has 0 spiro atoms. The van der Waals surface area contributed by atoms with Crippen molar-refractivity contribution >= 4 is 5.82 Å². The summed E-state index contributed by atoms with van der Waals surface area (Å²) in [5, 5.41) is 11.7. The number of nitriles is 1. The van der Waals surface area contributed by atoms with Gasteiger partial charge in [-0.25, -0.2) is 4.98 Å². The maximum Gasteiger partial charge on any atom is 0.433 e. The number of anilines is 1. The number of aromatic nitrogens is 2. The first-order chi connectivity index (χ1) is 10.0. The van der Waals surface area contributed by atoms with E-state index in [1.165, 1.54) is 0 Å². The number of alkyl halides is 3. The number of hydrogen-bond acceptors (Lipinski definition) is 4. The van der Waals surface area contributed by atoms with Crippen LogP contribution in [0.2, 0.25) is 0 Å². The second kappa shape index (κ2) is 6.22. The van der Waals surface area contributed by atoms with Crippen LogP contribution in [0.25, 0.3) is 0 Å². The summed E-state index contributed by atoms with van der Waals surface area (Å²) in [5.74, 6) is -0.0543. The molecule has 0 aliphatic carbocycles. The molecule has 0 bridgehead atoms. The molecule has 0 fully saturated rings. The number of halogens is 3. The van der Waals surface area contributed by atoms with E-state index >= 15 is 0 Å². The van der Waals surface area contributed by atoms with Gasteiger partial charge in [-0.15, -0.1) is 0 Å². The first-order valence-corrected chi connectivity index (χ1v) is 6.12. The van der Waals surface area contributed by atoms with Crippen LogP contribution < -0.4 is 5.32 Å². The van der Waals surface area contributed by atoms with Gasteiger partial charge < -0.3 is 5.32 Å². The minimum atomic E-state index is -4.53. The molecule has 4 nitrogen and oxygen atoms in total. The van der Waals surface area contributed by atoms with Gasteiger partial charge in [0, 0.05) is 18.9 Å². The van der Waals surface area contributed by atoms with Gasteiger partial charge in [0.25, 0.3) is 0 Å². The van der Waals surface area contributed by atoms with E-state index in [1.54, 1.807) is 12.4 Å². The van der Waals surface area contributed by atoms with E-state index in [1.807, 2.05) is 18.2 Å². The number of nitrogens with zero attached hydrogens (tertiary/aromatic N) is 3. The van der Waals surface area contributed by atoms with Crippen molar-refractivity contribution in [2.75, 3.05) is 11.9 Å². The molecule has 0 aliphatic rings. The van der Waals surface area contributed by atoms with Crippen LogP contribution in [0, 0.1) is 11.3 Å². The van der Waals surface area contributed by atoms with Crippen molar-refractivity contribution in [3.8, 4) is 6.07 Å². The first-order valence-electron chi connectivity index (χ1n) is 6.12. The normalized spacial score (nSPS) is 11.0. The highest BCUT2D eigenvalue weighted by molar-refractivity contribution is 5.52. The highest BCUT2D eigenvalue weighted by atomic mass is 19.4. The van der Waals surface area contributed by atoms with Gasteiger partial charge in [-0.3, -0.25) is 4.98 Å². The molecule has 0 unspecified atom stereocenters. The minimum Gasteiger partial charge on any atom is -0.369 e. The van der Waals surface area contributed by atoms with Gasteiger partial charge in [0.05, 0.1) is 5.56 Å². The maximum absolute atomic E-state index is 12.6. The Balaban J connectivity index is 2.10. The lowest BCUT2D eigenvalue weighted by Crippen LogP contribution is -2.13. The van der Waals surface area contributed by atoms with Crippen LogP contribution in [-0.4, -0.2) is 16.5 Å². The van der Waals surface area contributed by atoms with Crippen molar-refractivity contribution in [3.63, 3.8) is 0 Å². The fourth-order valence-electron chi connectivity index (χ4n) is 1.72. The van der Waals surface area contributed by atoms with Crippen molar-refractivity contribution in [2.45, 2.75) is 12.6 Å². The Kier molecular flexibility index (Phi) is 4.38. The van der Waals surface area contributed by atoms with E-state index in [0.29, 0.717) is 13.0 Å². The molecule has 2 rings (SSSR count). The van der Waals surface area contributed by atoms with Crippen molar-refractivity contribution < 1.29 is 13.2 Å². The van der Waals surface area contributed by atoms with Gasteiger partial charge in [0.2, 0.25) is 0 Å². The number of nitrogens with one attached hydrogen (secondary N) is 1. The highest BCUT2D eigenvalue weighted by Crippen LogP contribution is 2.29. The summed E-state index contributed by atoms with van der Waals surface area (Å²) in [5.41, 5.74) is 0.0497. The smallest absolute Gasteiger partial charge is 0.369 e. The van der Waals surface area contributed by atoms with Gasteiger partial charge in [0.15, 0.2) is 0 Å². The predicted octanol–water partition coefficient (Wildman–Crippen LogP) is 3.02. The zero-order chi connectivity index (χ0) is 15.3. The van der Waals surface area contributed by atoms with Gasteiger partial charge >= 0.3 is 6.18 Å². The van der Waals surface area contributed by atoms with Crippen LogP contribution in [0.3, 0.4) is 0 Å². The Labute approximate surface area is 119 Å². The fourth-order valence-corrected chi connectivity index (χ4v) is 1.72. The van der Waals surface area contributed by atoms with Gasteiger partial charge in [-0.05, 0) is 36.2 Å². The third-order valence-corrected chi connectivity index (χ3v) is 2.76. The molecular weight excluding hydrogens is 281 g/mol. The second-order valence-electron chi connectivity index (χ2n) is 4.23. The Morgan fingerprint density at radius 1 is 1.14 bits per heavy atom. The van der Waals surface area contributed by atoms with E-state index in [0.717, 1.165) is 17.7 Å². The summed E-state index contributed by atoms with van der Waals surface area (Å²) in [4.78, 5) is 7.35. The summed E-state index contributed by atoms with van der Waals surface area (Å²) >= 11 is 0. The van der Waals surface area contributed by atoms with Crippen molar-refractivity contribution in [1.29, 1.82) is 5.26 Å². The summed E-state index contributed by atoms with van der Waals surface area (Å²) in [6, 6.07) is 7.36. The summed E-state index contributed by atoms with van der Waals surface area (Å²) in [7, 11) is 0. The molecule has 0 atom stereocenters. The van der Waals surface area contributed by atoms with Crippen LogP contribution in [0.15, 0.2) is 36.7 Å². The molecule has 2 heterocycles. The monoisotopic (exact) mass is 292 g/mol. The lowest BCUT2D eigenvalue weighted by Gasteiger charge is -2.11. The average molecular weight is 292 g/mol. The molecule has 7 heteroatoms. The van der Waals surface area contributed by atoms with Crippen LogP contribution in [-0.2, 0) is 12.6 Å². The molecule has 21 heavy (non-hydrogen) atoms. The largest absolute Gasteiger partial charge is 0.433 e. The summed E-state index contributed by atoms with van der Waals surface area (Å²) < 4.78 is 37.8.